The summed E-state index contributed by atoms with van der Waals surface area (Å²) in [5.41, 5.74) is 0.172. The van der Waals surface area contributed by atoms with E-state index in [0.717, 1.165) is 6.20 Å². The van der Waals surface area contributed by atoms with E-state index in [1.807, 2.05) is 0 Å². The molecule has 0 aliphatic carbocycles. The maximum Gasteiger partial charge on any atom is 0.265 e. The second-order valence-corrected chi connectivity index (χ2v) is 3.37. The fraction of sp³-hybridized carbons (Fsp3) is 0.375. The molecule has 14 heavy (non-hydrogen) atoms. The van der Waals surface area contributed by atoms with E-state index in [1.165, 1.54) is 7.11 Å². The third kappa shape index (κ3) is 2.15. The minimum Gasteiger partial charge on any atom is -0.493 e. The molecule has 1 aromatic rings. The van der Waals surface area contributed by atoms with Crippen molar-refractivity contribution in [3.05, 3.63) is 22.5 Å². The summed E-state index contributed by atoms with van der Waals surface area (Å²) in [6, 6.07) is 0. The molecule has 0 saturated heterocycles. The van der Waals surface area contributed by atoms with E-state index < -0.39 is 6.43 Å². The van der Waals surface area contributed by atoms with Crippen molar-refractivity contribution in [3.8, 4) is 5.75 Å². The molecule has 0 unspecified atom stereocenters. The average molecular weight is 287 g/mol. The van der Waals surface area contributed by atoms with E-state index in [4.69, 9.17) is 16.3 Å². The minimum absolute atomic E-state index is 0.0892. The number of halogens is 4. The van der Waals surface area contributed by atoms with Gasteiger partial charge in [0, 0.05) is 22.7 Å². The molecule has 0 N–H and O–H groups in total. The van der Waals surface area contributed by atoms with Gasteiger partial charge in [0.2, 0.25) is 0 Å². The quantitative estimate of drug-likeness (QED) is 0.626. The second-order valence-electron chi connectivity index (χ2n) is 2.45. The van der Waals surface area contributed by atoms with Gasteiger partial charge >= 0.3 is 0 Å². The third-order valence-electron chi connectivity index (χ3n) is 1.70. The molecule has 0 atom stereocenters. The van der Waals surface area contributed by atoms with Gasteiger partial charge in [-0.15, -0.1) is 0 Å². The second kappa shape index (κ2) is 4.89. The highest BCUT2D eigenvalue weighted by Crippen LogP contribution is 2.35. The minimum atomic E-state index is -2.58. The summed E-state index contributed by atoms with van der Waals surface area (Å²) in [7, 11) is 1.37. The molecule has 1 rings (SSSR count). The first kappa shape index (κ1) is 11.7. The lowest BCUT2D eigenvalue weighted by atomic mass is 10.1. The molecular weight excluding hydrogens is 279 g/mol. The molecule has 0 radical (unpaired) electrons. The zero-order valence-corrected chi connectivity index (χ0v) is 9.57. The molecule has 0 aromatic carbocycles. The van der Waals surface area contributed by atoms with E-state index in [0.29, 0.717) is 5.56 Å². The van der Waals surface area contributed by atoms with Crippen LogP contribution in [0.1, 0.15) is 17.6 Å². The Hall–Kier alpha value is -0.420. The van der Waals surface area contributed by atoms with Crippen molar-refractivity contribution in [2.45, 2.75) is 11.8 Å². The van der Waals surface area contributed by atoms with Crippen molar-refractivity contribution in [3.63, 3.8) is 0 Å². The first-order valence-electron chi connectivity index (χ1n) is 3.67. The molecule has 0 amide bonds. The van der Waals surface area contributed by atoms with Gasteiger partial charge in [0.15, 0.2) is 10.9 Å². The van der Waals surface area contributed by atoms with Crippen LogP contribution in [0.2, 0.25) is 5.15 Å². The highest BCUT2D eigenvalue weighted by molar-refractivity contribution is 9.08. The first-order valence-corrected chi connectivity index (χ1v) is 5.17. The number of aromatic nitrogens is 1. The normalized spacial score (nSPS) is 10.7. The summed E-state index contributed by atoms with van der Waals surface area (Å²) >= 11 is 8.79. The van der Waals surface area contributed by atoms with Crippen LogP contribution in [-0.2, 0) is 5.33 Å². The van der Waals surface area contributed by atoms with Crippen LogP contribution in [0.3, 0.4) is 0 Å². The van der Waals surface area contributed by atoms with E-state index in [1.54, 1.807) is 0 Å². The number of ether oxygens (including phenoxy) is 1. The van der Waals surface area contributed by atoms with Crippen LogP contribution in [0.4, 0.5) is 8.78 Å². The molecule has 2 nitrogen and oxygen atoms in total. The molecule has 0 aliphatic rings. The van der Waals surface area contributed by atoms with E-state index in [9.17, 15) is 8.78 Å². The zero-order chi connectivity index (χ0) is 10.7. The Bertz CT molecular complexity index is 335. The average Bonchev–Trinajstić information content (AvgIpc) is 2.16. The van der Waals surface area contributed by atoms with E-state index in [-0.39, 0.29) is 21.8 Å². The largest absolute Gasteiger partial charge is 0.493 e. The fourth-order valence-corrected chi connectivity index (χ4v) is 1.87. The summed E-state index contributed by atoms with van der Waals surface area (Å²) in [6.45, 7) is 0. The lowest BCUT2D eigenvalue weighted by Gasteiger charge is -2.11. The predicted octanol–water partition coefficient (Wildman–Crippen LogP) is 3.58. The molecule has 0 fully saturated rings. The van der Waals surface area contributed by atoms with Gasteiger partial charge in [-0.2, -0.15) is 0 Å². The highest BCUT2D eigenvalue weighted by atomic mass is 79.9. The Kier molecular flexibility index (Phi) is 4.07. The van der Waals surface area contributed by atoms with Gasteiger partial charge < -0.3 is 4.74 Å². The Morgan fingerprint density at radius 3 is 2.71 bits per heavy atom. The topological polar surface area (TPSA) is 22.1 Å². The molecule has 78 valence electrons. The molecular formula is C8H7BrClF2NO. The van der Waals surface area contributed by atoms with Crippen molar-refractivity contribution in [2.75, 3.05) is 7.11 Å². The van der Waals surface area contributed by atoms with Crippen LogP contribution < -0.4 is 4.74 Å². The molecule has 0 aliphatic heterocycles. The van der Waals surface area contributed by atoms with Gasteiger partial charge in [-0.1, -0.05) is 27.5 Å². The van der Waals surface area contributed by atoms with Crippen molar-refractivity contribution in [1.29, 1.82) is 0 Å². The van der Waals surface area contributed by atoms with Gasteiger partial charge in [0.25, 0.3) is 6.43 Å². The maximum atomic E-state index is 12.5. The van der Waals surface area contributed by atoms with Crippen LogP contribution in [-0.4, -0.2) is 12.1 Å². The Balaban J connectivity index is 3.33. The Labute approximate surface area is 93.4 Å². The molecule has 1 heterocycles. The van der Waals surface area contributed by atoms with Gasteiger partial charge in [0.05, 0.1) is 7.11 Å². The van der Waals surface area contributed by atoms with Gasteiger partial charge in [0.1, 0.15) is 0 Å². The smallest absolute Gasteiger partial charge is 0.265 e. The number of pyridine rings is 1. The van der Waals surface area contributed by atoms with Gasteiger partial charge in [-0.05, 0) is 0 Å². The number of hydrogen-bond donors (Lipinski definition) is 0. The fourth-order valence-electron chi connectivity index (χ4n) is 1.05. The van der Waals surface area contributed by atoms with Crippen LogP contribution >= 0.6 is 27.5 Å². The number of methoxy groups -OCH3 is 1. The molecule has 0 saturated carbocycles. The Morgan fingerprint density at radius 2 is 2.29 bits per heavy atom. The van der Waals surface area contributed by atoms with Gasteiger partial charge in [-0.3, -0.25) is 0 Å². The number of nitrogens with zero attached hydrogens (tertiary/aromatic N) is 1. The monoisotopic (exact) mass is 285 g/mol. The predicted molar refractivity (Wildman–Crippen MR) is 53.4 cm³/mol. The van der Waals surface area contributed by atoms with Gasteiger partial charge in [-0.25, -0.2) is 13.8 Å². The highest BCUT2D eigenvalue weighted by Gasteiger charge is 2.19. The number of hydrogen-bond acceptors (Lipinski definition) is 2. The molecule has 6 heteroatoms. The maximum absolute atomic E-state index is 12.5. The molecule has 1 aromatic heterocycles. The van der Waals surface area contributed by atoms with Crippen LogP contribution in [0.5, 0.6) is 5.75 Å². The molecule has 0 spiro atoms. The number of rotatable bonds is 3. The van der Waals surface area contributed by atoms with Crippen molar-refractivity contribution < 1.29 is 13.5 Å². The van der Waals surface area contributed by atoms with Crippen LogP contribution in [0.15, 0.2) is 6.20 Å². The van der Waals surface area contributed by atoms with Crippen molar-refractivity contribution in [1.82, 2.24) is 4.98 Å². The van der Waals surface area contributed by atoms with Crippen LogP contribution in [0, 0.1) is 0 Å². The SMILES string of the molecule is COc1c(Cl)ncc(C(F)F)c1CBr. The van der Waals surface area contributed by atoms with Crippen molar-refractivity contribution >= 4 is 27.5 Å². The van der Waals surface area contributed by atoms with Crippen LogP contribution in [0.25, 0.3) is 0 Å². The molecule has 0 bridgehead atoms. The summed E-state index contributed by atoms with van der Waals surface area (Å²) < 4.78 is 29.9. The van der Waals surface area contributed by atoms with E-state index >= 15 is 0 Å². The summed E-state index contributed by atoms with van der Waals surface area (Å²) in [5.74, 6) is 0.196. The standard InChI is InChI=1S/C8H7BrClF2NO/c1-14-6-4(2-9)5(8(11)12)3-13-7(6)10/h3,8H,2H2,1H3. The summed E-state index contributed by atoms with van der Waals surface area (Å²) in [4.78, 5) is 3.62. The Morgan fingerprint density at radius 1 is 1.64 bits per heavy atom. The lowest BCUT2D eigenvalue weighted by Crippen LogP contribution is -1.99. The first-order chi connectivity index (χ1) is 6.61. The third-order valence-corrected chi connectivity index (χ3v) is 2.53. The summed E-state index contributed by atoms with van der Waals surface area (Å²) in [5, 5.41) is 0.337. The number of alkyl halides is 3. The van der Waals surface area contributed by atoms with E-state index in [2.05, 4.69) is 20.9 Å². The zero-order valence-electron chi connectivity index (χ0n) is 7.23. The summed E-state index contributed by atoms with van der Waals surface area (Å²) in [6.07, 6.45) is -1.52. The van der Waals surface area contributed by atoms with Crippen molar-refractivity contribution in [2.24, 2.45) is 0 Å². The lowest BCUT2D eigenvalue weighted by molar-refractivity contribution is 0.149.